The van der Waals surface area contributed by atoms with Crippen LogP contribution >= 0.6 is 0 Å². The van der Waals surface area contributed by atoms with Crippen LogP contribution in [-0.4, -0.2) is 4.98 Å². The van der Waals surface area contributed by atoms with Gasteiger partial charge in [-0.15, -0.1) is 0 Å². The van der Waals surface area contributed by atoms with E-state index in [9.17, 15) is 4.39 Å². The summed E-state index contributed by atoms with van der Waals surface area (Å²) >= 11 is 0. The topological polar surface area (TPSA) is 12.9 Å². The smallest absolute Gasteiger partial charge is 0.123 e. The van der Waals surface area contributed by atoms with E-state index in [0.29, 0.717) is 0 Å². The number of pyridine rings is 1. The van der Waals surface area contributed by atoms with E-state index < -0.39 is 0 Å². The highest BCUT2D eigenvalue weighted by molar-refractivity contribution is 5.27. The Balaban J connectivity index is 1.88. The number of hydrogen-bond acceptors (Lipinski definition) is 1. The van der Waals surface area contributed by atoms with Gasteiger partial charge < -0.3 is 0 Å². The van der Waals surface area contributed by atoms with Crippen LogP contribution < -0.4 is 0 Å². The Labute approximate surface area is 100 Å². The summed E-state index contributed by atoms with van der Waals surface area (Å²) in [5.41, 5.74) is 1.88. The second kappa shape index (κ2) is 5.81. The van der Waals surface area contributed by atoms with Crippen molar-refractivity contribution in [1.29, 1.82) is 0 Å². The first kappa shape index (κ1) is 11.3. The summed E-state index contributed by atoms with van der Waals surface area (Å²) in [4.78, 5) is 4.11. The molecule has 0 unspecified atom stereocenters. The minimum atomic E-state index is -0.201. The van der Waals surface area contributed by atoms with Crippen molar-refractivity contribution in [3.05, 3.63) is 65.7 Å². The van der Waals surface area contributed by atoms with Gasteiger partial charge in [0, 0.05) is 12.6 Å². The lowest BCUT2D eigenvalue weighted by Gasteiger charge is -1.95. The molecule has 0 atom stereocenters. The van der Waals surface area contributed by atoms with Crippen LogP contribution in [0, 0.1) is 17.7 Å². The molecule has 17 heavy (non-hydrogen) atoms. The molecule has 1 aromatic heterocycles. The molecule has 0 N–H and O–H groups in total. The first-order valence-corrected chi connectivity index (χ1v) is 5.49. The van der Waals surface area contributed by atoms with Crippen LogP contribution in [0.1, 0.15) is 17.7 Å². The molecule has 0 bridgehead atoms. The molecule has 2 heteroatoms. The molecule has 0 fully saturated rings. The maximum atomic E-state index is 12.7. The fraction of sp³-hybridized carbons (Fsp3) is 0.133. The third-order valence-electron chi connectivity index (χ3n) is 2.33. The van der Waals surface area contributed by atoms with Crippen LogP contribution in [0.2, 0.25) is 0 Å². The Kier molecular flexibility index (Phi) is 3.88. The Morgan fingerprint density at radius 2 is 1.88 bits per heavy atom. The highest BCUT2D eigenvalue weighted by Crippen LogP contribution is 2.04. The van der Waals surface area contributed by atoms with Gasteiger partial charge >= 0.3 is 0 Å². The van der Waals surface area contributed by atoms with Gasteiger partial charge in [-0.25, -0.2) is 9.37 Å². The van der Waals surface area contributed by atoms with Crippen LogP contribution in [0.4, 0.5) is 4.39 Å². The molecule has 2 rings (SSSR count). The van der Waals surface area contributed by atoms with E-state index >= 15 is 0 Å². The quantitative estimate of drug-likeness (QED) is 0.715. The van der Waals surface area contributed by atoms with E-state index in [1.807, 2.05) is 18.2 Å². The largest absolute Gasteiger partial charge is 0.248 e. The summed E-state index contributed by atoms with van der Waals surface area (Å²) in [5, 5.41) is 0. The number of halogens is 1. The van der Waals surface area contributed by atoms with Gasteiger partial charge in [0.05, 0.1) is 0 Å². The second-order valence-electron chi connectivity index (χ2n) is 3.64. The summed E-state index contributed by atoms with van der Waals surface area (Å²) in [5.74, 6) is 5.85. The second-order valence-corrected chi connectivity index (χ2v) is 3.64. The molecule has 0 saturated carbocycles. The fourth-order valence-corrected chi connectivity index (χ4v) is 1.45. The van der Waals surface area contributed by atoms with Crippen molar-refractivity contribution < 1.29 is 4.39 Å². The van der Waals surface area contributed by atoms with Crippen molar-refractivity contribution in [3.63, 3.8) is 0 Å². The van der Waals surface area contributed by atoms with Crippen molar-refractivity contribution >= 4 is 0 Å². The number of rotatable bonds is 2. The monoisotopic (exact) mass is 225 g/mol. The number of hydrogen-bond donors (Lipinski definition) is 0. The van der Waals surface area contributed by atoms with Gasteiger partial charge in [0.25, 0.3) is 0 Å². The molecular formula is C15H12FN. The SMILES string of the molecule is Fc1ccc(CCC#Cc2ccccn2)cc1. The van der Waals surface area contributed by atoms with Crippen molar-refractivity contribution in [3.8, 4) is 11.8 Å². The Morgan fingerprint density at radius 1 is 1.06 bits per heavy atom. The number of aryl methyl sites for hydroxylation is 1. The number of aromatic nitrogens is 1. The van der Waals surface area contributed by atoms with E-state index in [1.54, 1.807) is 18.3 Å². The van der Waals surface area contributed by atoms with Crippen molar-refractivity contribution in [2.24, 2.45) is 0 Å². The molecule has 0 radical (unpaired) electrons. The first-order valence-electron chi connectivity index (χ1n) is 5.49. The van der Waals surface area contributed by atoms with E-state index in [-0.39, 0.29) is 5.82 Å². The predicted molar refractivity (Wildman–Crippen MR) is 65.8 cm³/mol. The molecule has 1 aromatic carbocycles. The van der Waals surface area contributed by atoms with Gasteiger partial charge in [0.15, 0.2) is 0 Å². The molecule has 1 heterocycles. The number of benzene rings is 1. The molecule has 0 saturated heterocycles. The standard InChI is InChI=1S/C15H12FN/c16-14-10-8-13(9-11-14)5-1-2-6-15-7-3-4-12-17-15/h3-4,7-12H,1,5H2. The van der Waals surface area contributed by atoms with Gasteiger partial charge in [-0.2, -0.15) is 0 Å². The zero-order valence-electron chi connectivity index (χ0n) is 9.36. The van der Waals surface area contributed by atoms with E-state index in [0.717, 1.165) is 24.1 Å². The minimum absolute atomic E-state index is 0.201. The summed E-state index contributed by atoms with van der Waals surface area (Å²) in [6.45, 7) is 0. The van der Waals surface area contributed by atoms with Crippen LogP contribution in [0.5, 0.6) is 0 Å². The summed E-state index contributed by atoms with van der Waals surface area (Å²) < 4.78 is 12.7. The maximum absolute atomic E-state index is 12.7. The zero-order valence-corrected chi connectivity index (χ0v) is 9.36. The molecular weight excluding hydrogens is 213 g/mol. The van der Waals surface area contributed by atoms with Gasteiger partial charge in [0.2, 0.25) is 0 Å². The summed E-state index contributed by atoms with van der Waals surface area (Å²) in [7, 11) is 0. The van der Waals surface area contributed by atoms with Crippen molar-refractivity contribution in [1.82, 2.24) is 4.98 Å². The molecule has 0 amide bonds. The molecule has 0 aliphatic heterocycles. The molecule has 0 aliphatic carbocycles. The van der Waals surface area contributed by atoms with Crippen molar-refractivity contribution in [2.75, 3.05) is 0 Å². The predicted octanol–water partition coefficient (Wildman–Crippen LogP) is 3.21. The maximum Gasteiger partial charge on any atom is 0.123 e. The van der Waals surface area contributed by atoms with Gasteiger partial charge in [0.1, 0.15) is 11.5 Å². The van der Waals surface area contributed by atoms with Gasteiger partial charge in [-0.05, 0) is 42.2 Å². The lowest BCUT2D eigenvalue weighted by Crippen LogP contribution is -1.84. The van der Waals surface area contributed by atoms with Crippen LogP contribution in [0.3, 0.4) is 0 Å². The molecule has 1 nitrogen and oxygen atoms in total. The molecule has 2 aromatic rings. The van der Waals surface area contributed by atoms with E-state index in [1.165, 1.54) is 12.1 Å². The highest BCUT2D eigenvalue weighted by atomic mass is 19.1. The minimum Gasteiger partial charge on any atom is -0.248 e. The van der Waals surface area contributed by atoms with Crippen LogP contribution in [0.25, 0.3) is 0 Å². The molecule has 84 valence electrons. The highest BCUT2D eigenvalue weighted by Gasteiger charge is 1.92. The lowest BCUT2D eigenvalue weighted by atomic mass is 10.1. The average Bonchev–Trinajstić information content (AvgIpc) is 2.38. The van der Waals surface area contributed by atoms with Crippen LogP contribution in [-0.2, 0) is 6.42 Å². The zero-order chi connectivity index (χ0) is 11.9. The number of nitrogens with zero attached hydrogens (tertiary/aromatic N) is 1. The normalized spacial score (nSPS) is 9.47. The summed E-state index contributed by atoms with van der Waals surface area (Å²) in [6, 6.07) is 12.2. The third kappa shape index (κ3) is 3.73. The fourth-order valence-electron chi connectivity index (χ4n) is 1.45. The van der Waals surface area contributed by atoms with E-state index in [2.05, 4.69) is 16.8 Å². The van der Waals surface area contributed by atoms with E-state index in [4.69, 9.17) is 0 Å². The molecule has 0 spiro atoms. The van der Waals surface area contributed by atoms with Gasteiger partial charge in [-0.1, -0.05) is 24.1 Å². The first-order chi connectivity index (χ1) is 8.34. The third-order valence-corrected chi connectivity index (χ3v) is 2.33. The van der Waals surface area contributed by atoms with Crippen molar-refractivity contribution in [2.45, 2.75) is 12.8 Å². The van der Waals surface area contributed by atoms with Crippen LogP contribution in [0.15, 0.2) is 48.7 Å². The lowest BCUT2D eigenvalue weighted by molar-refractivity contribution is 0.627. The molecule has 0 aliphatic rings. The average molecular weight is 225 g/mol. The Bertz CT molecular complexity index is 520. The van der Waals surface area contributed by atoms with Gasteiger partial charge in [-0.3, -0.25) is 0 Å². The Hall–Kier alpha value is -2.14. The Morgan fingerprint density at radius 3 is 2.59 bits per heavy atom. The summed E-state index contributed by atoms with van der Waals surface area (Å²) in [6.07, 6.45) is 3.31.